The Balaban J connectivity index is 2.81. The Morgan fingerprint density at radius 1 is 1.11 bits per heavy atom. The third-order valence-electron chi connectivity index (χ3n) is 3.42. The van der Waals surface area contributed by atoms with Gasteiger partial charge < -0.3 is 25.3 Å². The second-order valence-corrected chi connectivity index (χ2v) is 7.00. The number of methoxy groups -OCH3 is 1. The van der Waals surface area contributed by atoms with Crippen molar-refractivity contribution in [3.05, 3.63) is 35.9 Å². The Bertz CT molecular complexity index is 627. The van der Waals surface area contributed by atoms with Gasteiger partial charge in [-0.2, -0.15) is 0 Å². The van der Waals surface area contributed by atoms with Crippen molar-refractivity contribution < 1.29 is 28.6 Å². The van der Waals surface area contributed by atoms with Crippen LogP contribution in [0.15, 0.2) is 30.3 Å². The minimum Gasteiger partial charge on any atom is -0.460 e. The fourth-order valence-electron chi connectivity index (χ4n) is 2.13. The lowest BCUT2D eigenvalue weighted by Gasteiger charge is -2.24. The summed E-state index contributed by atoms with van der Waals surface area (Å²) in [6.45, 7) is 5.03. The number of ether oxygens (including phenoxy) is 3. The van der Waals surface area contributed by atoms with Crippen LogP contribution in [0.4, 0.5) is 0 Å². The first-order valence-electron chi connectivity index (χ1n) is 8.59. The first kappa shape index (κ1) is 22.6. The van der Waals surface area contributed by atoms with E-state index in [9.17, 15) is 14.4 Å². The average molecular weight is 380 g/mol. The first-order valence-corrected chi connectivity index (χ1v) is 8.59. The summed E-state index contributed by atoms with van der Waals surface area (Å²) >= 11 is 0. The van der Waals surface area contributed by atoms with E-state index >= 15 is 0 Å². The summed E-state index contributed by atoms with van der Waals surface area (Å²) < 4.78 is 15.3. The van der Waals surface area contributed by atoms with Gasteiger partial charge in [0.15, 0.2) is 5.92 Å². The van der Waals surface area contributed by atoms with E-state index < -0.39 is 35.4 Å². The molecule has 0 radical (unpaired) electrons. The normalized spacial score (nSPS) is 13.4. The molecule has 0 fully saturated rings. The Kier molecular flexibility index (Phi) is 8.90. The topological polar surface area (TPSA) is 117 Å². The number of hydrogen-bond acceptors (Lipinski definition) is 7. The zero-order valence-corrected chi connectivity index (χ0v) is 16.2. The van der Waals surface area contributed by atoms with Crippen LogP contribution < -0.4 is 11.1 Å². The van der Waals surface area contributed by atoms with Crippen LogP contribution in [0.3, 0.4) is 0 Å². The average Bonchev–Trinajstić information content (AvgIpc) is 2.61. The molecule has 27 heavy (non-hydrogen) atoms. The summed E-state index contributed by atoms with van der Waals surface area (Å²) in [5.74, 6) is -3.42. The zero-order valence-electron chi connectivity index (χ0n) is 16.2. The highest BCUT2D eigenvalue weighted by molar-refractivity contribution is 5.96. The maximum atomic E-state index is 12.5. The summed E-state index contributed by atoms with van der Waals surface area (Å²) in [6.07, 6.45) is -0.238. The van der Waals surface area contributed by atoms with Gasteiger partial charge in [0.2, 0.25) is 5.91 Å². The van der Waals surface area contributed by atoms with Crippen LogP contribution in [0.2, 0.25) is 0 Å². The lowest BCUT2D eigenvalue weighted by atomic mass is 9.99. The van der Waals surface area contributed by atoms with Crippen molar-refractivity contribution in [3.8, 4) is 0 Å². The maximum absolute atomic E-state index is 12.5. The van der Waals surface area contributed by atoms with E-state index in [0.29, 0.717) is 0 Å². The molecule has 1 rings (SSSR count). The van der Waals surface area contributed by atoms with Crippen molar-refractivity contribution in [3.63, 3.8) is 0 Å². The molecule has 0 heterocycles. The number of nitrogens with one attached hydrogen (secondary N) is 1. The molecule has 1 amide bonds. The van der Waals surface area contributed by atoms with Crippen LogP contribution in [0, 0.1) is 5.92 Å². The fourth-order valence-corrected chi connectivity index (χ4v) is 2.13. The second kappa shape index (κ2) is 10.6. The SMILES string of the molecule is COCNC(=O)C(N)CC(C(=O)OCc1ccccc1)C(=O)OC(C)(C)C. The molecule has 0 aliphatic heterocycles. The Morgan fingerprint density at radius 2 is 1.74 bits per heavy atom. The molecule has 2 atom stereocenters. The number of carbonyl (C=O) groups is 3. The second-order valence-electron chi connectivity index (χ2n) is 7.00. The molecule has 0 spiro atoms. The fraction of sp³-hybridized carbons (Fsp3) is 0.526. The van der Waals surface area contributed by atoms with Gasteiger partial charge in [-0.25, -0.2) is 0 Å². The third-order valence-corrected chi connectivity index (χ3v) is 3.42. The Hall–Kier alpha value is -2.45. The minimum atomic E-state index is -1.31. The monoisotopic (exact) mass is 380 g/mol. The number of amides is 1. The molecule has 150 valence electrons. The molecule has 2 unspecified atom stereocenters. The van der Waals surface area contributed by atoms with Gasteiger partial charge >= 0.3 is 11.9 Å². The number of benzene rings is 1. The number of nitrogens with two attached hydrogens (primary N) is 1. The smallest absolute Gasteiger partial charge is 0.320 e. The predicted octanol–water partition coefficient (Wildman–Crippen LogP) is 1.13. The lowest BCUT2D eigenvalue weighted by Crippen LogP contribution is -2.45. The molecule has 3 N–H and O–H groups in total. The van der Waals surface area contributed by atoms with E-state index in [1.807, 2.05) is 18.2 Å². The van der Waals surface area contributed by atoms with E-state index in [-0.39, 0.29) is 19.8 Å². The van der Waals surface area contributed by atoms with Gasteiger partial charge in [-0.15, -0.1) is 0 Å². The van der Waals surface area contributed by atoms with Crippen LogP contribution in [0.5, 0.6) is 0 Å². The van der Waals surface area contributed by atoms with E-state index in [0.717, 1.165) is 5.56 Å². The molecular formula is C19H28N2O6. The summed E-state index contributed by atoms with van der Waals surface area (Å²) in [5.41, 5.74) is 5.80. The molecule has 0 bridgehead atoms. The van der Waals surface area contributed by atoms with Gasteiger partial charge in [-0.1, -0.05) is 30.3 Å². The summed E-state index contributed by atoms with van der Waals surface area (Å²) in [7, 11) is 1.41. The molecule has 0 aromatic heterocycles. The first-order chi connectivity index (χ1) is 12.6. The highest BCUT2D eigenvalue weighted by Crippen LogP contribution is 2.17. The highest BCUT2D eigenvalue weighted by Gasteiger charge is 2.35. The zero-order chi connectivity index (χ0) is 20.4. The van der Waals surface area contributed by atoms with Crippen LogP contribution in [0.25, 0.3) is 0 Å². The van der Waals surface area contributed by atoms with Crippen molar-refractivity contribution in [2.75, 3.05) is 13.8 Å². The molecule has 0 saturated heterocycles. The van der Waals surface area contributed by atoms with Crippen LogP contribution in [-0.2, 0) is 35.2 Å². The van der Waals surface area contributed by atoms with Gasteiger partial charge in [0.25, 0.3) is 0 Å². The molecule has 1 aromatic rings. The van der Waals surface area contributed by atoms with Gasteiger partial charge in [0, 0.05) is 7.11 Å². The standard InChI is InChI=1S/C19H28N2O6/c1-19(2,3)27-18(24)14(10-15(20)16(22)21-12-25-4)17(23)26-11-13-8-6-5-7-9-13/h5-9,14-15H,10-12,20H2,1-4H3,(H,21,22). The van der Waals surface area contributed by atoms with Crippen LogP contribution in [-0.4, -0.2) is 43.3 Å². The molecule has 0 aliphatic rings. The lowest BCUT2D eigenvalue weighted by molar-refractivity contribution is -0.170. The van der Waals surface area contributed by atoms with Crippen LogP contribution in [0.1, 0.15) is 32.8 Å². The van der Waals surface area contributed by atoms with Crippen molar-refractivity contribution >= 4 is 17.8 Å². The van der Waals surface area contributed by atoms with E-state index in [1.165, 1.54) is 7.11 Å². The molecule has 8 heteroatoms. The molecule has 8 nitrogen and oxygen atoms in total. The van der Waals surface area contributed by atoms with E-state index in [2.05, 4.69) is 5.32 Å². The van der Waals surface area contributed by atoms with Crippen molar-refractivity contribution in [1.29, 1.82) is 0 Å². The quantitative estimate of drug-likeness (QED) is 0.375. The van der Waals surface area contributed by atoms with Gasteiger partial charge in [0.05, 0.1) is 6.04 Å². The number of hydrogen-bond donors (Lipinski definition) is 2. The van der Waals surface area contributed by atoms with Crippen molar-refractivity contribution in [2.24, 2.45) is 11.7 Å². The maximum Gasteiger partial charge on any atom is 0.320 e. The predicted molar refractivity (Wildman–Crippen MR) is 98.2 cm³/mol. The van der Waals surface area contributed by atoms with E-state index in [1.54, 1.807) is 32.9 Å². The minimum absolute atomic E-state index is 0.00405. The third kappa shape index (κ3) is 8.65. The molecule has 0 saturated carbocycles. The number of rotatable bonds is 9. The number of carbonyl (C=O) groups excluding carboxylic acids is 3. The van der Waals surface area contributed by atoms with Gasteiger partial charge in [-0.3, -0.25) is 14.4 Å². The van der Waals surface area contributed by atoms with Gasteiger partial charge in [-0.05, 0) is 32.8 Å². The summed E-state index contributed by atoms with van der Waals surface area (Å²) in [4.78, 5) is 36.9. The van der Waals surface area contributed by atoms with E-state index in [4.69, 9.17) is 19.9 Å². The van der Waals surface area contributed by atoms with Crippen molar-refractivity contribution in [1.82, 2.24) is 5.32 Å². The number of esters is 2. The molecule has 0 aliphatic carbocycles. The van der Waals surface area contributed by atoms with Gasteiger partial charge in [0.1, 0.15) is 18.9 Å². The molecular weight excluding hydrogens is 352 g/mol. The molecule has 1 aromatic carbocycles. The van der Waals surface area contributed by atoms with Crippen LogP contribution >= 0.6 is 0 Å². The summed E-state index contributed by atoms with van der Waals surface area (Å²) in [5, 5.41) is 2.43. The largest absolute Gasteiger partial charge is 0.460 e. The summed E-state index contributed by atoms with van der Waals surface area (Å²) in [6, 6.07) is 7.95. The highest BCUT2D eigenvalue weighted by atomic mass is 16.6. The Morgan fingerprint density at radius 3 is 2.30 bits per heavy atom. The van der Waals surface area contributed by atoms with Crippen molar-refractivity contribution in [2.45, 2.75) is 45.4 Å². The Labute approximate surface area is 159 Å².